The fraction of sp³-hybridized carbons (Fsp3) is 0.417. The zero-order valence-electron chi connectivity index (χ0n) is 9.13. The van der Waals surface area contributed by atoms with Crippen molar-refractivity contribution in [1.29, 1.82) is 0 Å². The van der Waals surface area contributed by atoms with Crippen molar-refractivity contribution in [3.05, 3.63) is 33.8 Å². The molecule has 1 nitrogen and oxygen atoms in total. The molecule has 1 aromatic rings. The Labute approximate surface area is 111 Å². The first kappa shape index (κ1) is 13.9. The maximum Gasteiger partial charge on any atom is 0.147 e. The fourth-order valence-electron chi connectivity index (χ4n) is 1.28. The highest BCUT2D eigenvalue weighted by atomic mass is 35.5. The average molecular weight is 277 g/mol. The number of Topliss-reactive ketones (excluding diaryl/α,β-unsaturated/α-hetero) is 1. The molecule has 0 aliphatic carbocycles. The van der Waals surface area contributed by atoms with E-state index >= 15 is 0 Å². The molecule has 0 aromatic heterocycles. The molecule has 0 aliphatic heterocycles. The van der Waals surface area contributed by atoms with Gasteiger partial charge < -0.3 is 0 Å². The zero-order chi connectivity index (χ0) is 12.0. The van der Waals surface area contributed by atoms with Crippen molar-refractivity contribution < 1.29 is 4.79 Å². The van der Waals surface area contributed by atoms with Crippen molar-refractivity contribution in [3.8, 4) is 0 Å². The summed E-state index contributed by atoms with van der Waals surface area (Å²) in [5.74, 6) is 1.73. The van der Waals surface area contributed by atoms with Crippen molar-refractivity contribution in [2.75, 3.05) is 11.5 Å². The summed E-state index contributed by atoms with van der Waals surface area (Å²) in [6.07, 6.45) is 1.42. The number of carbonyl (C=O) groups is 1. The number of rotatable bonds is 6. The molecule has 1 rings (SSSR count). The van der Waals surface area contributed by atoms with Crippen LogP contribution in [0.1, 0.15) is 18.9 Å². The standard InChI is InChI=1S/C12H14Cl2OS/c1-2-6-16-8-9(15)7-10-11(13)4-3-5-12(10)14/h3-5H,2,6-8H2,1H3. The molecule has 16 heavy (non-hydrogen) atoms. The number of thioether (sulfide) groups is 1. The highest BCUT2D eigenvalue weighted by Gasteiger charge is 2.10. The van der Waals surface area contributed by atoms with Crippen molar-refractivity contribution in [1.82, 2.24) is 0 Å². The third-order valence-electron chi connectivity index (χ3n) is 2.05. The minimum absolute atomic E-state index is 0.174. The van der Waals surface area contributed by atoms with Crippen molar-refractivity contribution in [2.24, 2.45) is 0 Å². The molecule has 0 N–H and O–H groups in total. The molecule has 0 heterocycles. The fourth-order valence-corrected chi connectivity index (χ4v) is 2.57. The van der Waals surface area contributed by atoms with Gasteiger partial charge in [-0.15, -0.1) is 0 Å². The number of hydrogen-bond acceptors (Lipinski definition) is 2. The van der Waals surface area contributed by atoms with Gasteiger partial charge in [-0.25, -0.2) is 0 Å². The number of halogens is 2. The molecule has 4 heteroatoms. The van der Waals surface area contributed by atoms with Crippen LogP contribution >= 0.6 is 35.0 Å². The highest BCUT2D eigenvalue weighted by Crippen LogP contribution is 2.25. The van der Waals surface area contributed by atoms with Crippen LogP contribution in [0.15, 0.2) is 18.2 Å². The lowest BCUT2D eigenvalue weighted by Crippen LogP contribution is -2.07. The molecule has 0 saturated carbocycles. The zero-order valence-corrected chi connectivity index (χ0v) is 11.5. The topological polar surface area (TPSA) is 17.1 Å². The second-order valence-electron chi connectivity index (χ2n) is 3.47. The molecule has 0 spiro atoms. The minimum Gasteiger partial charge on any atom is -0.298 e. The molecule has 0 atom stereocenters. The lowest BCUT2D eigenvalue weighted by atomic mass is 10.1. The van der Waals surface area contributed by atoms with Gasteiger partial charge in [0.15, 0.2) is 0 Å². The third-order valence-corrected chi connectivity index (χ3v) is 3.98. The van der Waals surface area contributed by atoms with Crippen LogP contribution < -0.4 is 0 Å². The molecule has 88 valence electrons. The molecular weight excluding hydrogens is 263 g/mol. The quantitative estimate of drug-likeness (QED) is 0.723. The van der Waals surface area contributed by atoms with Gasteiger partial charge in [-0.2, -0.15) is 11.8 Å². The van der Waals surface area contributed by atoms with Gasteiger partial charge in [-0.05, 0) is 29.9 Å². The molecule has 0 fully saturated rings. The summed E-state index contributed by atoms with van der Waals surface area (Å²) in [6, 6.07) is 5.30. The Kier molecular flexibility index (Phi) is 6.25. The Morgan fingerprint density at radius 3 is 2.50 bits per heavy atom. The Hall–Kier alpha value is -0.180. The van der Waals surface area contributed by atoms with Gasteiger partial charge in [0.1, 0.15) is 5.78 Å². The van der Waals surface area contributed by atoms with Crippen LogP contribution in [0, 0.1) is 0 Å². The van der Waals surface area contributed by atoms with E-state index in [0.29, 0.717) is 22.2 Å². The van der Waals surface area contributed by atoms with E-state index in [1.165, 1.54) is 0 Å². The van der Waals surface area contributed by atoms with Gasteiger partial charge in [0.2, 0.25) is 0 Å². The second kappa shape index (κ2) is 7.21. The molecule has 0 aliphatic rings. The lowest BCUT2D eigenvalue weighted by Gasteiger charge is -2.05. The largest absolute Gasteiger partial charge is 0.298 e. The first-order chi connectivity index (χ1) is 7.65. The van der Waals surface area contributed by atoms with Gasteiger partial charge in [0.05, 0.1) is 5.75 Å². The predicted octanol–water partition coefficient (Wildman–Crippen LogP) is 4.25. The molecule has 0 bridgehead atoms. The summed E-state index contributed by atoms with van der Waals surface area (Å²) in [5.41, 5.74) is 0.743. The first-order valence-electron chi connectivity index (χ1n) is 5.17. The van der Waals surface area contributed by atoms with Crippen LogP contribution in [-0.2, 0) is 11.2 Å². The van der Waals surface area contributed by atoms with Gasteiger partial charge in [-0.1, -0.05) is 36.2 Å². The normalized spacial score (nSPS) is 10.4. The number of benzene rings is 1. The van der Waals surface area contributed by atoms with Crippen LogP contribution in [0.3, 0.4) is 0 Å². The van der Waals surface area contributed by atoms with Crippen LogP contribution in [0.4, 0.5) is 0 Å². The molecule has 0 radical (unpaired) electrons. The van der Waals surface area contributed by atoms with Gasteiger partial charge in [0.25, 0.3) is 0 Å². The summed E-state index contributed by atoms with van der Waals surface area (Å²) >= 11 is 13.6. The van der Waals surface area contributed by atoms with Crippen LogP contribution in [0.5, 0.6) is 0 Å². The van der Waals surface area contributed by atoms with E-state index in [-0.39, 0.29) is 5.78 Å². The Bertz CT molecular complexity index is 346. The van der Waals surface area contributed by atoms with E-state index < -0.39 is 0 Å². The van der Waals surface area contributed by atoms with Crippen LogP contribution in [0.2, 0.25) is 10.0 Å². The SMILES string of the molecule is CCCSCC(=O)Cc1c(Cl)cccc1Cl. The van der Waals surface area contributed by atoms with E-state index in [2.05, 4.69) is 6.92 Å². The second-order valence-corrected chi connectivity index (χ2v) is 5.39. The summed E-state index contributed by atoms with van der Waals surface area (Å²) in [4.78, 5) is 11.7. The first-order valence-corrected chi connectivity index (χ1v) is 7.08. The van der Waals surface area contributed by atoms with E-state index in [0.717, 1.165) is 17.7 Å². The van der Waals surface area contributed by atoms with Gasteiger partial charge >= 0.3 is 0 Å². The minimum atomic E-state index is 0.174. The maximum absolute atomic E-state index is 11.7. The number of ketones is 1. The highest BCUT2D eigenvalue weighted by molar-refractivity contribution is 7.99. The Balaban J connectivity index is 2.56. The Morgan fingerprint density at radius 1 is 1.31 bits per heavy atom. The van der Waals surface area contributed by atoms with Crippen LogP contribution in [-0.4, -0.2) is 17.3 Å². The Morgan fingerprint density at radius 2 is 1.94 bits per heavy atom. The van der Waals surface area contributed by atoms with Crippen molar-refractivity contribution >= 4 is 40.7 Å². The summed E-state index contributed by atoms with van der Waals surface area (Å²) < 4.78 is 0. The smallest absolute Gasteiger partial charge is 0.147 e. The molecule has 1 aromatic carbocycles. The summed E-state index contributed by atoms with van der Waals surface area (Å²) in [5, 5.41) is 1.14. The van der Waals surface area contributed by atoms with E-state index in [1.54, 1.807) is 30.0 Å². The molecule has 0 saturated heterocycles. The van der Waals surface area contributed by atoms with E-state index in [9.17, 15) is 4.79 Å². The molecule has 0 amide bonds. The number of carbonyl (C=O) groups excluding carboxylic acids is 1. The van der Waals surface area contributed by atoms with Crippen molar-refractivity contribution in [3.63, 3.8) is 0 Å². The predicted molar refractivity (Wildman–Crippen MR) is 72.8 cm³/mol. The van der Waals surface area contributed by atoms with E-state index in [4.69, 9.17) is 23.2 Å². The van der Waals surface area contributed by atoms with Gasteiger partial charge in [0, 0.05) is 16.5 Å². The summed E-state index contributed by atoms with van der Waals surface area (Å²) in [7, 11) is 0. The lowest BCUT2D eigenvalue weighted by molar-refractivity contribution is -0.116. The molecule has 0 unspecified atom stereocenters. The summed E-state index contributed by atoms with van der Waals surface area (Å²) in [6.45, 7) is 2.10. The third kappa shape index (κ3) is 4.36. The monoisotopic (exact) mass is 276 g/mol. The maximum atomic E-state index is 11.7. The molecular formula is C12H14Cl2OS. The van der Waals surface area contributed by atoms with Crippen LogP contribution in [0.25, 0.3) is 0 Å². The van der Waals surface area contributed by atoms with Crippen molar-refractivity contribution in [2.45, 2.75) is 19.8 Å². The number of hydrogen-bond donors (Lipinski definition) is 0. The van der Waals surface area contributed by atoms with E-state index in [1.807, 2.05) is 0 Å². The van der Waals surface area contributed by atoms with Gasteiger partial charge in [-0.3, -0.25) is 4.79 Å². The average Bonchev–Trinajstić information content (AvgIpc) is 2.24.